The van der Waals surface area contributed by atoms with Crippen molar-refractivity contribution in [1.82, 2.24) is 0 Å². The zero-order valence-corrected chi connectivity index (χ0v) is 19.1. The zero-order chi connectivity index (χ0) is 18.8. The van der Waals surface area contributed by atoms with Crippen molar-refractivity contribution in [2.24, 2.45) is 5.73 Å². The van der Waals surface area contributed by atoms with Gasteiger partial charge in [-0.05, 0) is 55.5 Å². The summed E-state index contributed by atoms with van der Waals surface area (Å²) in [5.74, 6) is 0. The summed E-state index contributed by atoms with van der Waals surface area (Å²) in [6.07, 6.45) is 2.32. The van der Waals surface area contributed by atoms with Gasteiger partial charge in [0.25, 0.3) is 0 Å². The second kappa shape index (κ2) is 11.3. The van der Waals surface area contributed by atoms with Crippen molar-refractivity contribution in [2.45, 2.75) is 110 Å². The summed E-state index contributed by atoms with van der Waals surface area (Å²) in [5, 5.41) is 0. The summed E-state index contributed by atoms with van der Waals surface area (Å²) in [6.45, 7) is 15.8. The molecule has 24 heavy (non-hydrogen) atoms. The van der Waals surface area contributed by atoms with Gasteiger partial charge >= 0.3 is 6.09 Å². The van der Waals surface area contributed by atoms with Crippen molar-refractivity contribution in [1.29, 1.82) is 0 Å². The highest BCUT2D eigenvalue weighted by atomic mass is 28.4. The Morgan fingerprint density at radius 3 is 1.75 bits per heavy atom. The Morgan fingerprint density at radius 2 is 1.42 bits per heavy atom. The van der Waals surface area contributed by atoms with Crippen LogP contribution in [0, 0.1) is 0 Å². The number of hydrogen-bond donors (Lipinski definition) is 1. The smallest absolute Gasteiger partial charge is 0.404 e. The van der Waals surface area contributed by atoms with Gasteiger partial charge in [0, 0.05) is 0 Å². The van der Waals surface area contributed by atoms with Crippen LogP contribution in [0.1, 0.15) is 67.7 Å². The predicted molar refractivity (Wildman–Crippen MR) is 108 cm³/mol. The Balaban J connectivity index is 5.22. The molecule has 0 saturated heterocycles. The highest BCUT2D eigenvalue weighted by molar-refractivity contribution is 6.87. The number of nitrogens with two attached hydrogens (primary N) is 1. The van der Waals surface area contributed by atoms with Gasteiger partial charge in [0.1, 0.15) is 6.10 Å². The Kier molecular flexibility index (Phi) is 11.2. The Morgan fingerprint density at radius 1 is 0.917 bits per heavy atom. The molecular weight excluding hydrogens is 334 g/mol. The fraction of sp³-hybridized carbons (Fsp3) is 0.944. The first-order chi connectivity index (χ1) is 11.3. The lowest BCUT2D eigenvalue weighted by atomic mass is 10.1. The van der Waals surface area contributed by atoms with Crippen LogP contribution in [0.5, 0.6) is 0 Å². The summed E-state index contributed by atoms with van der Waals surface area (Å²) in [4.78, 5) is 10.9. The second-order valence-electron chi connectivity index (χ2n) is 7.05. The third-order valence-electron chi connectivity index (χ3n) is 6.03. The molecule has 0 bridgehead atoms. The summed E-state index contributed by atoms with van der Waals surface area (Å²) in [7, 11) is -3.39. The van der Waals surface area contributed by atoms with E-state index in [1.165, 1.54) is 30.2 Å². The lowest BCUT2D eigenvalue weighted by Crippen LogP contribution is -2.53. The first kappa shape index (κ1) is 23.7. The fourth-order valence-electron chi connectivity index (χ4n) is 3.99. The minimum absolute atomic E-state index is 0.109. The van der Waals surface area contributed by atoms with Gasteiger partial charge in [-0.2, -0.15) is 0 Å². The molecule has 1 amide bonds. The maximum atomic E-state index is 10.9. The molecule has 0 rings (SSSR count). The van der Waals surface area contributed by atoms with Crippen LogP contribution in [0.4, 0.5) is 4.79 Å². The molecule has 144 valence electrons. The second-order valence-corrected chi connectivity index (χ2v) is 16.7. The van der Waals surface area contributed by atoms with E-state index in [0.717, 1.165) is 19.3 Å². The van der Waals surface area contributed by atoms with Crippen LogP contribution >= 0.6 is 0 Å². The van der Waals surface area contributed by atoms with Gasteiger partial charge in [-0.25, -0.2) is 4.79 Å². The maximum Gasteiger partial charge on any atom is 0.404 e. The van der Waals surface area contributed by atoms with Crippen LogP contribution in [0.2, 0.25) is 35.8 Å². The van der Waals surface area contributed by atoms with E-state index in [1.807, 2.05) is 6.92 Å². The molecule has 0 aromatic rings. The first-order valence-corrected chi connectivity index (χ1v) is 14.9. The van der Waals surface area contributed by atoms with E-state index >= 15 is 0 Å². The molecule has 0 heterocycles. The van der Waals surface area contributed by atoms with Gasteiger partial charge in [-0.3, -0.25) is 0 Å². The SMILES string of the molecule is CCC(CCC(C)OC(N)=O)[Si](CC)(CC)O[Si](CC)(CC)CC. The number of amides is 1. The van der Waals surface area contributed by atoms with E-state index in [0.29, 0.717) is 5.54 Å². The molecule has 0 aliphatic heterocycles. The fourth-order valence-corrected chi connectivity index (χ4v) is 15.6. The van der Waals surface area contributed by atoms with Crippen LogP contribution in [0.25, 0.3) is 0 Å². The molecule has 4 nitrogen and oxygen atoms in total. The van der Waals surface area contributed by atoms with E-state index in [9.17, 15) is 4.79 Å². The van der Waals surface area contributed by atoms with Gasteiger partial charge in [-0.15, -0.1) is 0 Å². The summed E-state index contributed by atoms with van der Waals surface area (Å²) >= 11 is 0. The van der Waals surface area contributed by atoms with Crippen molar-refractivity contribution in [3.63, 3.8) is 0 Å². The zero-order valence-electron chi connectivity index (χ0n) is 17.1. The molecule has 0 aromatic carbocycles. The van der Waals surface area contributed by atoms with Gasteiger partial charge in [0.05, 0.1) is 0 Å². The molecule has 0 aliphatic rings. The minimum atomic E-state index is -1.79. The van der Waals surface area contributed by atoms with Crippen LogP contribution in [-0.4, -0.2) is 28.8 Å². The molecule has 0 aliphatic carbocycles. The molecule has 0 aromatic heterocycles. The summed E-state index contributed by atoms with van der Waals surface area (Å²) in [6, 6.07) is 6.01. The number of primary amides is 1. The van der Waals surface area contributed by atoms with E-state index in [2.05, 4.69) is 41.5 Å². The van der Waals surface area contributed by atoms with Crippen molar-refractivity contribution < 1.29 is 13.6 Å². The Hall–Kier alpha value is -0.336. The van der Waals surface area contributed by atoms with Crippen LogP contribution in [-0.2, 0) is 8.85 Å². The largest absolute Gasteiger partial charge is 0.455 e. The standard InChI is InChI=1S/C18H41NO3Si2/c1-8-17(15-14-16(7)21-18(19)20)24(12-5,13-6)22-23(9-2,10-3)11-4/h16-17H,8-15H2,1-7H3,(H2,19,20). The van der Waals surface area contributed by atoms with E-state index in [4.69, 9.17) is 14.6 Å². The molecule has 6 heteroatoms. The van der Waals surface area contributed by atoms with E-state index < -0.39 is 22.7 Å². The lowest BCUT2D eigenvalue weighted by molar-refractivity contribution is 0.109. The average Bonchev–Trinajstić information content (AvgIpc) is 2.58. The lowest BCUT2D eigenvalue weighted by Gasteiger charge is -2.45. The Labute approximate surface area is 152 Å². The van der Waals surface area contributed by atoms with Crippen molar-refractivity contribution in [3.05, 3.63) is 0 Å². The van der Waals surface area contributed by atoms with Crippen LogP contribution < -0.4 is 5.73 Å². The molecule has 0 radical (unpaired) electrons. The number of carbonyl (C=O) groups is 1. The van der Waals surface area contributed by atoms with Gasteiger partial charge in [0.2, 0.25) is 0 Å². The number of rotatable bonds is 13. The summed E-state index contributed by atoms with van der Waals surface area (Å²) < 4.78 is 12.3. The van der Waals surface area contributed by atoms with Gasteiger partial charge in [0.15, 0.2) is 16.6 Å². The average molecular weight is 376 g/mol. The number of carbonyl (C=O) groups excluding carboxylic acids is 1. The van der Waals surface area contributed by atoms with Gasteiger partial charge in [-0.1, -0.05) is 48.0 Å². The van der Waals surface area contributed by atoms with Crippen LogP contribution in [0.3, 0.4) is 0 Å². The monoisotopic (exact) mass is 375 g/mol. The molecule has 2 unspecified atom stereocenters. The Bertz CT molecular complexity index is 350. The quantitative estimate of drug-likeness (QED) is 0.399. The predicted octanol–water partition coefficient (Wildman–Crippen LogP) is 6.04. The maximum absolute atomic E-state index is 10.9. The molecule has 2 N–H and O–H groups in total. The minimum Gasteiger partial charge on any atom is -0.455 e. The normalized spacial score (nSPS) is 15.1. The molecule has 2 atom stereocenters. The highest BCUT2D eigenvalue weighted by Crippen LogP contribution is 2.41. The van der Waals surface area contributed by atoms with E-state index in [1.54, 1.807) is 0 Å². The topological polar surface area (TPSA) is 61.5 Å². The van der Waals surface area contributed by atoms with Crippen molar-refractivity contribution in [2.75, 3.05) is 0 Å². The third-order valence-corrected chi connectivity index (χ3v) is 17.8. The van der Waals surface area contributed by atoms with Crippen molar-refractivity contribution in [3.8, 4) is 0 Å². The first-order valence-electron chi connectivity index (χ1n) is 9.94. The molecule has 0 saturated carbocycles. The molecular formula is C18H41NO3Si2. The van der Waals surface area contributed by atoms with Crippen molar-refractivity contribution >= 4 is 22.7 Å². The third kappa shape index (κ3) is 6.52. The summed E-state index contributed by atoms with van der Waals surface area (Å²) in [5.41, 5.74) is 5.76. The van der Waals surface area contributed by atoms with Crippen LogP contribution in [0.15, 0.2) is 0 Å². The molecule has 0 fully saturated rings. The number of ether oxygens (including phenoxy) is 1. The molecule has 0 spiro atoms. The van der Waals surface area contributed by atoms with Gasteiger partial charge < -0.3 is 14.6 Å². The highest BCUT2D eigenvalue weighted by Gasteiger charge is 2.45. The van der Waals surface area contributed by atoms with E-state index in [-0.39, 0.29) is 6.10 Å². The number of hydrogen-bond acceptors (Lipinski definition) is 3.